The largest absolute Gasteiger partial charge is 0.289 e. The van der Waals surface area contributed by atoms with E-state index in [0.29, 0.717) is 11.1 Å². The summed E-state index contributed by atoms with van der Waals surface area (Å²) in [6.45, 7) is 0. The summed E-state index contributed by atoms with van der Waals surface area (Å²) in [6.07, 6.45) is 1.16. The Morgan fingerprint density at radius 1 is 1.00 bits per heavy atom. The van der Waals surface area contributed by atoms with Crippen molar-refractivity contribution in [2.24, 2.45) is 0 Å². The van der Waals surface area contributed by atoms with E-state index in [1.807, 2.05) is 0 Å². The Morgan fingerprint density at radius 3 is 2.21 bits per heavy atom. The van der Waals surface area contributed by atoms with Gasteiger partial charge in [-0.15, -0.1) is 0 Å². The molecule has 0 unspecified atom stereocenters. The van der Waals surface area contributed by atoms with Gasteiger partial charge in [0.2, 0.25) is 5.78 Å². The topological polar surface area (TPSA) is 34.1 Å². The molecule has 0 amide bonds. The Hall–Kier alpha value is -1.06. The van der Waals surface area contributed by atoms with Crippen molar-refractivity contribution in [3.8, 4) is 0 Å². The number of allylic oxidation sites excluding steroid dienone is 2. The number of fused-ring (bicyclic) bond motifs is 1. The fourth-order valence-corrected chi connectivity index (χ4v) is 1.48. The number of rotatable bonds is 0. The molecule has 14 heavy (non-hydrogen) atoms. The highest BCUT2D eigenvalue weighted by molar-refractivity contribution is 7.59. The van der Waals surface area contributed by atoms with Crippen LogP contribution in [0.5, 0.6) is 0 Å². The molecule has 2 nitrogen and oxygen atoms in total. The Kier molecular flexibility index (Phi) is 3.13. The molecular weight excluding hydrogens is 220 g/mol. The van der Waals surface area contributed by atoms with Crippen LogP contribution in [-0.4, -0.2) is 11.6 Å². The van der Waals surface area contributed by atoms with E-state index in [0.717, 1.165) is 6.08 Å². The van der Waals surface area contributed by atoms with E-state index in [9.17, 15) is 9.59 Å². The molecule has 72 valence electrons. The lowest BCUT2D eigenvalue weighted by Gasteiger charge is -2.09. The maximum absolute atomic E-state index is 11.4. The van der Waals surface area contributed by atoms with Crippen molar-refractivity contribution in [3.05, 3.63) is 46.5 Å². The SMILES string of the molecule is O=C1C=C(Cl)C(=O)c2ccccc21.S. The number of Topliss-reactive ketones (excluding diaryl/α,β-unsaturated/α-hetero) is 1. The van der Waals surface area contributed by atoms with Gasteiger partial charge in [0.25, 0.3) is 0 Å². The van der Waals surface area contributed by atoms with E-state index in [2.05, 4.69) is 0 Å². The van der Waals surface area contributed by atoms with Gasteiger partial charge in [0.05, 0.1) is 5.03 Å². The Balaban J connectivity index is 0.000000980. The van der Waals surface area contributed by atoms with E-state index in [4.69, 9.17) is 11.6 Å². The average Bonchev–Trinajstić information content (AvgIpc) is 2.15. The van der Waals surface area contributed by atoms with Crippen molar-refractivity contribution in [1.82, 2.24) is 0 Å². The summed E-state index contributed by atoms with van der Waals surface area (Å²) in [4.78, 5) is 22.7. The van der Waals surface area contributed by atoms with Crippen molar-refractivity contribution >= 4 is 36.7 Å². The summed E-state index contributed by atoms with van der Waals surface area (Å²) in [5.74, 6) is -0.489. The monoisotopic (exact) mass is 226 g/mol. The van der Waals surface area contributed by atoms with Crippen LogP contribution in [-0.2, 0) is 0 Å². The first-order chi connectivity index (χ1) is 6.20. The van der Waals surface area contributed by atoms with Crippen LogP contribution in [0.2, 0.25) is 0 Å². The molecule has 0 spiro atoms. The van der Waals surface area contributed by atoms with Crippen LogP contribution in [0.1, 0.15) is 20.7 Å². The van der Waals surface area contributed by atoms with Crippen LogP contribution in [0.15, 0.2) is 35.4 Å². The molecule has 0 saturated carbocycles. The summed E-state index contributed by atoms with van der Waals surface area (Å²) >= 11 is 5.58. The first kappa shape index (κ1) is 11.0. The third-order valence-electron chi connectivity index (χ3n) is 1.91. The molecule has 1 aliphatic carbocycles. The molecule has 0 aliphatic heterocycles. The van der Waals surface area contributed by atoms with Crippen LogP contribution < -0.4 is 0 Å². The minimum atomic E-state index is -0.281. The lowest BCUT2D eigenvalue weighted by Crippen LogP contribution is -2.13. The van der Waals surface area contributed by atoms with Crippen LogP contribution >= 0.6 is 25.1 Å². The van der Waals surface area contributed by atoms with Crippen LogP contribution in [0.4, 0.5) is 0 Å². The van der Waals surface area contributed by atoms with Crippen LogP contribution in [0, 0.1) is 0 Å². The highest BCUT2D eigenvalue weighted by Gasteiger charge is 2.23. The molecule has 1 aliphatic rings. The summed E-state index contributed by atoms with van der Waals surface area (Å²) in [5.41, 5.74) is 0.817. The van der Waals surface area contributed by atoms with Crippen LogP contribution in [0.3, 0.4) is 0 Å². The maximum Gasteiger partial charge on any atom is 0.205 e. The first-order valence-electron chi connectivity index (χ1n) is 3.75. The van der Waals surface area contributed by atoms with Crippen molar-refractivity contribution < 1.29 is 9.59 Å². The molecule has 1 aromatic rings. The zero-order valence-corrected chi connectivity index (χ0v) is 8.84. The van der Waals surface area contributed by atoms with Crippen molar-refractivity contribution in [1.29, 1.82) is 0 Å². The van der Waals surface area contributed by atoms with Gasteiger partial charge in [-0.25, -0.2) is 0 Å². The predicted octanol–water partition coefficient (Wildman–Crippen LogP) is 2.30. The third kappa shape index (κ3) is 1.61. The fraction of sp³-hybridized carbons (Fsp3) is 0. The molecule has 2 rings (SSSR count). The highest BCUT2D eigenvalue weighted by Crippen LogP contribution is 2.22. The minimum Gasteiger partial charge on any atom is -0.289 e. The normalized spacial score (nSPS) is 14.2. The molecule has 0 fully saturated rings. The molecule has 0 saturated heterocycles. The standard InChI is InChI=1S/C10H5ClO2.H2S/c11-8-5-9(12)6-3-1-2-4-7(6)10(8)13;/h1-5H;1H2. The van der Waals surface area contributed by atoms with Gasteiger partial charge in [0, 0.05) is 17.2 Å². The molecule has 4 heteroatoms. The lowest BCUT2D eigenvalue weighted by molar-refractivity contribution is 0.0990. The van der Waals surface area contributed by atoms with Gasteiger partial charge in [-0.05, 0) is 0 Å². The second-order valence-electron chi connectivity index (χ2n) is 2.73. The molecule has 0 atom stereocenters. The zero-order chi connectivity index (χ0) is 9.42. The van der Waals surface area contributed by atoms with Crippen molar-refractivity contribution in [2.45, 2.75) is 0 Å². The Morgan fingerprint density at radius 2 is 1.57 bits per heavy atom. The number of benzene rings is 1. The van der Waals surface area contributed by atoms with Gasteiger partial charge >= 0.3 is 0 Å². The Bertz CT molecular complexity index is 438. The smallest absolute Gasteiger partial charge is 0.205 e. The molecule has 0 heterocycles. The van der Waals surface area contributed by atoms with Gasteiger partial charge in [0.1, 0.15) is 0 Å². The molecule has 1 aromatic carbocycles. The zero-order valence-electron chi connectivity index (χ0n) is 7.08. The van der Waals surface area contributed by atoms with Crippen molar-refractivity contribution in [3.63, 3.8) is 0 Å². The quantitative estimate of drug-likeness (QED) is 0.680. The van der Waals surface area contributed by atoms with Crippen molar-refractivity contribution in [2.75, 3.05) is 0 Å². The van der Waals surface area contributed by atoms with E-state index in [-0.39, 0.29) is 30.1 Å². The molecule has 0 N–H and O–H groups in total. The lowest BCUT2D eigenvalue weighted by atomic mass is 9.95. The highest BCUT2D eigenvalue weighted by atomic mass is 35.5. The first-order valence-corrected chi connectivity index (χ1v) is 4.13. The van der Waals surface area contributed by atoms with Crippen LogP contribution in [0.25, 0.3) is 0 Å². The summed E-state index contributed by atoms with van der Waals surface area (Å²) in [5, 5.41) is -0.0105. The molecule has 0 bridgehead atoms. The molecular formula is C10H7ClO2S. The van der Waals surface area contributed by atoms with Gasteiger partial charge in [-0.3, -0.25) is 9.59 Å². The second kappa shape index (κ2) is 3.98. The molecule has 0 radical (unpaired) electrons. The Labute approximate surface area is 93.0 Å². The number of hydrogen-bond acceptors (Lipinski definition) is 2. The van der Waals surface area contributed by atoms with E-state index < -0.39 is 0 Å². The number of halogens is 1. The van der Waals surface area contributed by atoms with Gasteiger partial charge in [-0.2, -0.15) is 13.5 Å². The number of carbonyl (C=O) groups excluding carboxylic acids is 2. The summed E-state index contributed by atoms with van der Waals surface area (Å²) < 4.78 is 0. The minimum absolute atomic E-state index is 0. The summed E-state index contributed by atoms with van der Waals surface area (Å²) in [6, 6.07) is 6.65. The third-order valence-corrected chi connectivity index (χ3v) is 2.19. The van der Waals surface area contributed by atoms with E-state index in [1.54, 1.807) is 24.3 Å². The van der Waals surface area contributed by atoms with Gasteiger partial charge < -0.3 is 0 Å². The molecule has 0 aromatic heterocycles. The number of ketones is 2. The fourth-order valence-electron chi connectivity index (χ4n) is 1.28. The van der Waals surface area contributed by atoms with E-state index in [1.165, 1.54) is 0 Å². The maximum atomic E-state index is 11.4. The second-order valence-corrected chi connectivity index (χ2v) is 3.14. The van der Waals surface area contributed by atoms with Gasteiger partial charge in [-0.1, -0.05) is 35.9 Å². The van der Waals surface area contributed by atoms with Gasteiger partial charge in [0.15, 0.2) is 5.78 Å². The average molecular weight is 227 g/mol. The number of hydrogen-bond donors (Lipinski definition) is 0. The van der Waals surface area contributed by atoms with E-state index >= 15 is 0 Å². The number of carbonyl (C=O) groups is 2. The predicted molar refractivity (Wildman–Crippen MR) is 59.4 cm³/mol. The summed E-state index contributed by atoms with van der Waals surface area (Å²) in [7, 11) is 0.